The Morgan fingerprint density at radius 3 is 1.85 bits per heavy atom. The van der Waals surface area contributed by atoms with E-state index >= 15 is 0 Å². The van der Waals surface area contributed by atoms with E-state index in [4.69, 9.17) is 0 Å². The second-order valence-electron chi connectivity index (χ2n) is 6.00. The molecule has 0 aromatic carbocycles. The van der Waals surface area contributed by atoms with E-state index in [-0.39, 0.29) is 0 Å². The van der Waals surface area contributed by atoms with Crippen molar-refractivity contribution in [1.29, 1.82) is 0 Å². The Bertz CT molecular complexity index is 371. The van der Waals surface area contributed by atoms with Crippen LogP contribution in [0, 0.1) is 6.42 Å². The first-order chi connectivity index (χ1) is 9.45. The number of hydrogen-bond donors (Lipinski definition) is 0. The van der Waals surface area contributed by atoms with Crippen LogP contribution in [0.15, 0.2) is 46.6 Å². The Labute approximate surface area is 127 Å². The van der Waals surface area contributed by atoms with Gasteiger partial charge in [0.1, 0.15) is 0 Å². The Kier molecular flexibility index (Phi) is 11.1. The molecule has 0 spiro atoms. The summed E-state index contributed by atoms with van der Waals surface area (Å²) in [4.78, 5) is 0. The summed E-state index contributed by atoms with van der Waals surface area (Å²) in [6.07, 6.45) is 17.2. The zero-order valence-electron chi connectivity index (χ0n) is 14.4. The zero-order chi connectivity index (χ0) is 15.4. The van der Waals surface area contributed by atoms with Gasteiger partial charge < -0.3 is 0 Å². The summed E-state index contributed by atoms with van der Waals surface area (Å²) in [6.45, 7) is 13.1. The summed E-state index contributed by atoms with van der Waals surface area (Å²) in [5.41, 5.74) is 5.85. The maximum Gasteiger partial charge on any atom is -0.0128 e. The minimum absolute atomic E-state index is 1.08. The van der Waals surface area contributed by atoms with Crippen molar-refractivity contribution in [2.45, 2.75) is 73.6 Å². The van der Waals surface area contributed by atoms with Crippen LogP contribution < -0.4 is 0 Å². The van der Waals surface area contributed by atoms with Crippen molar-refractivity contribution in [2.75, 3.05) is 0 Å². The predicted octanol–water partition coefficient (Wildman–Crippen LogP) is 6.97. The van der Waals surface area contributed by atoms with Crippen molar-refractivity contribution in [2.24, 2.45) is 0 Å². The molecular formula is C20H33. The topological polar surface area (TPSA) is 0 Å². The fourth-order valence-corrected chi connectivity index (χ4v) is 1.90. The van der Waals surface area contributed by atoms with Crippen molar-refractivity contribution in [1.82, 2.24) is 0 Å². The Morgan fingerprint density at radius 2 is 1.30 bits per heavy atom. The first kappa shape index (κ1) is 19.0. The molecule has 0 aliphatic heterocycles. The first-order valence-corrected chi connectivity index (χ1v) is 7.85. The van der Waals surface area contributed by atoms with Crippen LogP contribution in [0.5, 0.6) is 0 Å². The third-order valence-corrected chi connectivity index (χ3v) is 3.45. The summed E-state index contributed by atoms with van der Waals surface area (Å²) >= 11 is 0. The molecule has 113 valence electrons. The molecule has 0 rings (SSSR count). The number of rotatable bonds is 9. The van der Waals surface area contributed by atoms with E-state index in [1.807, 2.05) is 0 Å². The molecule has 20 heavy (non-hydrogen) atoms. The minimum Gasteiger partial charge on any atom is -0.0887 e. The molecular weight excluding hydrogens is 240 g/mol. The van der Waals surface area contributed by atoms with Gasteiger partial charge in [-0.25, -0.2) is 0 Å². The van der Waals surface area contributed by atoms with Crippen LogP contribution in [-0.4, -0.2) is 0 Å². The molecule has 0 amide bonds. The standard InChI is InChI=1S/C20H33/c1-7-18(4)12-9-14-20(6)16-10-15-19(5)13-8-11-17(2)3/h7-8,11,14-15H,9-10,12-13,16H2,1-6H3/b18-7+,19-15+,20-14+. The van der Waals surface area contributed by atoms with E-state index in [1.54, 1.807) is 0 Å². The maximum absolute atomic E-state index is 2.39. The summed E-state index contributed by atoms with van der Waals surface area (Å²) < 4.78 is 0. The fourth-order valence-electron chi connectivity index (χ4n) is 1.90. The van der Waals surface area contributed by atoms with Gasteiger partial charge in [-0.1, -0.05) is 46.6 Å². The van der Waals surface area contributed by atoms with Gasteiger partial charge in [0, 0.05) is 0 Å². The van der Waals surface area contributed by atoms with Crippen molar-refractivity contribution >= 4 is 0 Å². The van der Waals surface area contributed by atoms with E-state index in [0.29, 0.717) is 0 Å². The summed E-state index contributed by atoms with van der Waals surface area (Å²) in [5.74, 6) is 0. The Morgan fingerprint density at radius 1 is 0.750 bits per heavy atom. The minimum atomic E-state index is 1.08. The molecule has 0 unspecified atom stereocenters. The molecule has 0 heteroatoms. The molecule has 0 N–H and O–H groups in total. The highest BCUT2D eigenvalue weighted by molar-refractivity contribution is 5.11. The molecule has 0 aromatic heterocycles. The third-order valence-electron chi connectivity index (χ3n) is 3.45. The third kappa shape index (κ3) is 12.0. The van der Waals surface area contributed by atoms with Crippen LogP contribution >= 0.6 is 0 Å². The highest BCUT2D eigenvalue weighted by atomic mass is 14.0. The predicted molar refractivity (Wildman–Crippen MR) is 93.8 cm³/mol. The molecule has 0 aliphatic rings. The molecule has 0 atom stereocenters. The SMILES string of the molecule is C/C=C(\C)CC/C=C(\C)CC/C=C(\C)C[CH]C=C(C)C. The van der Waals surface area contributed by atoms with Gasteiger partial charge in [-0.3, -0.25) is 0 Å². The van der Waals surface area contributed by atoms with Gasteiger partial charge in [0.2, 0.25) is 0 Å². The lowest BCUT2D eigenvalue weighted by atomic mass is 10.0. The number of hydrogen-bond acceptors (Lipinski definition) is 0. The first-order valence-electron chi connectivity index (χ1n) is 7.85. The molecule has 0 saturated heterocycles. The van der Waals surface area contributed by atoms with Crippen LogP contribution in [-0.2, 0) is 0 Å². The lowest BCUT2D eigenvalue weighted by Gasteiger charge is -2.02. The summed E-state index contributed by atoms with van der Waals surface area (Å²) in [5, 5.41) is 0. The second kappa shape index (κ2) is 11.8. The molecule has 0 heterocycles. The highest BCUT2D eigenvalue weighted by Crippen LogP contribution is 2.13. The quantitative estimate of drug-likeness (QED) is 0.398. The van der Waals surface area contributed by atoms with E-state index in [1.165, 1.54) is 48.0 Å². The normalized spacial score (nSPS) is 13.6. The van der Waals surface area contributed by atoms with Crippen LogP contribution in [0.2, 0.25) is 0 Å². The largest absolute Gasteiger partial charge is 0.0887 e. The second-order valence-corrected chi connectivity index (χ2v) is 6.00. The monoisotopic (exact) mass is 273 g/mol. The molecule has 0 saturated carbocycles. The van der Waals surface area contributed by atoms with Gasteiger partial charge in [-0.2, -0.15) is 0 Å². The maximum atomic E-state index is 2.39. The molecule has 0 aliphatic carbocycles. The van der Waals surface area contributed by atoms with Gasteiger partial charge in [0.15, 0.2) is 0 Å². The average Bonchev–Trinajstić information content (AvgIpc) is 2.38. The van der Waals surface area contributed by atoms with E-state index in [9.17, 15) is 0 Å². The summed E-state index contributed by atoms with van der Waals surface area (Å²) in [6, 6.07) is 0. The van der Waals surface area contributed by atoms with Crippen molar-refractivity contribution in [3.63, 3.8) is 0 Å². The molecule has 0 bridgehead atoms. The average molecular weight is 273 g/mol. The Hall–Kier alpha value is -1.04. The van der Waals surface area contributed by atoms with Gasteiger partial charge in [0.05, 0.1) is 0 Å². The summed E-state index contributed by atoms with van der Waals surface area (Å²) in [7, 11) is 0. The van der Waals surface area contributed by atoms with Gasteiger partial charge >= 0.3 is 0 Å². The molecule has 0 fully saturated rings. The van der Waals surface area contributed by atoms with Crippen LogP contribution in [0.25, 0.3) is 0 Å². The smallest absolute Gasteiger partial charge is 0.0128 e. The van der Waals surface area contributed by atoms with Gasteiger partial charge in [-0.15, -0.1) is 0 Å². The lowest BCUT2D eigenvalue weighted by molar-refractivity contribution is 0.913. The van der Waals surface area contributed by atoms with Gasteiger partial charge in [-0.05, 0) is 80.1 Å². The molecule has 0 nitrogen and oxygen atoms in total. The fraction of sp³-hybridized carbons (Fsp3) is 0.550. The number of allylic oxidation sites excluding steroid dienone is 8. The van der Waals surface area contributed by atoms with Crippen molar-refractivity contribution < 1.29 is 0 Å². The van der Waals surface area contributed by atoms with Crippen LogP contribution in [0.1, 0.15) is 73.6 Å². The Balaban J connectivity index is 3.91. The van der Waals surface area contributed by atoms with Crippen molar-refractivity contribution in [3.05, 3.63) is 53.0 Å². The zero-order valence-corrected chi connectivity index (χ0v) is 14.4. The molecule has 1 radical (unpaired) electrons. The lowest BCUT2D eigenvalue weighted by Crippen LogP contribution is -1.82. The van der Waals surface area contributed by atoms with Crippen LogP contribution in [0.3, 0.4) is 0 Å². The molecule has 0 aromatic rings. The van der Waals surface area contributed by atoms with E-state index < -0.39 is 0 Å². The van der Waals surface area contributed by atoms with Crippen molar-refractivity contribution in [3.8, 4) is 0 Å². The van der Waals surface area contributed by atoms with Gasteiger partial charge in [0.25, 0.3) is 0 Å². The highest BCUT2D eigenvalue weighted by Gasteiger charge is 1.93. The van der Waals surface area contributed by atoms with Crippen LogP contribution in [0.4, 0.5) is 0 Å². The van der Waals surface area contributed by atoms with E-state index in [2.05, 4.69) is 72.3 Å². The van der Waals surface area contributed by atoms with E-state index in [0.717, 1.165) is 6.42 Å².